The molecule has 0 aliphatic rings. The Morgan fingerprint density at radius 1 is 1.40 bits per heavy atom. The number of methoxy groups -OCH3 is 1. The molecule has 2 aromatic heterocycles. The number of fused-ring (bicyclic) bond motifs is 1. The van der Waals surface area contributed by atoms with E-state index in [0.29, 0.717) is 25.3 Å². The highest BCUT2D eigenvalue weighted by molar-refractivity contribution is 5.65. The summed E-state index contributed by atoms with van der Waals surface area (Å²) in [7, 11) is 1.66. The third-order valence-corrected chi connectivity index (χ3v) is 3.30. The monoisotopic (exact) mass is 273 g/mol. The molecule has 5 heteroatoms. The summed E-state index contributed by atoms with van der Waals surface area (Å²) in [6, 6.07) is 8.08. The SMILES string of the molecule is COCCN(CCO)Cc1cn2ccccc2c1C#N. The zero-order chi connectivity index (χ0) is 14.4. The predicted octanol–water partition coefficient (Wildman–Crippen LogP) is 1.25. The maximum atomic E-state index is 9.37. The molecule has 1 N–H and O–H groups in total. The molecule has 0 aromatic carbocycles. The summed E-state index contributed by atoms with van der Waals surface area (Å²) in [6.45, 7) is 2.64. The number of aromatic nitrogens is 1. The van der Waals surface area contributed by atoms with Gasteiger partial charge in [0.2, 0.25) is 0 Å². The summed E-state index contributed by atoms with van der Waals surface area (Å²) in [6.07, 6.45) is 3.91. The molecule has 5 nitrogen and oxygen atoms in total. The second kappa shape index (κ2) is 7.06. The van der Waals surface area contributed by atoms with Crippen molar-refractivity contribution in [1.82, 2.24) is 9.30 Å². The molecule has 0 fully saturated rings. The fourth-order valence-corrected chi connectivity index (χ4v) is 2.30. The van der Waals surface area contributed by atoms with Crippen molar-refractivity contribution < 1.29 is 9.84 Å². The average molecular weight is 273 g/mol. The Hall–Kier alpha value is -1.87. The van der Waals surface area contributed by atoms with E-state index >= 15 is 0 Å². The molecular weight excluding hydrogens is 254 g/mol. The number of ether oxygens (including phenoxy) is 1. The van der Waals surface area contributed by atoms with Crippen molar-refractivity contribution in [3.05, 3.63) is 41.7 Å². The Bertz CT molecular complexity index is 601. The van der Waals surface area contributed by atoms with Gasteiger partial charge >= 0.3 is 0 Å². The number of aliphatic hydroxyl groups is 1. The lowest BCUT2D eigenvalue weighted by Gasteiger charge is -2.20. The third kappa shape index (κ3) is 3.17. The van der Waals surface area contributed by atoms with Crippen molar-refractivity contribution in [2.45, 2.75) is 6.54 Å². The van der Waals surface area contributed by atoms with Gasteiger partial charge in [0, 0.05) is 44.7 Å². The normalized spacial score (nSPS) is 11.1. The molecule has 0 radical (unpaired) electrons. The van der Waals surface area contributed by atoms with Crippen LogP contribution in [0.25, 0.3) is 5.52 Å². The molecule has 0 saturated heterocycles. The molecule has 0 amide bonds. The number of pyridine rings is 1. The lowest BCUT2D eigenvalue weighted by molar-refractivity contribution is 0.127. The van der Waals surface area contributed by atoms with Gasteiger partial charge in [-0.1, -0.05) is 6.07 Å². The van der Waals surface area contributed by atoms with Crippen LogP contribution in [0.1, 0.15) is 11.1 Å². The minimum Gasteiger partial charge on any atom is -0.395 e. The maximum absolute atomic E-state index is 9.37. The standard InChI is InChI=1S/C15H19N3O2/c1-20-9-7-17(6-8-19)11-13-12-18-5-3-2-4-15(18)14(13)10-16/h2-5,12,19H,6-9,11H2,1H3. The Kier molecular flexibility index (Phi) is 5.13. The molecule has 0 aliphatic carbocycles. The van der Waals surface area contributed by atoms with E-state index in [4.69, 9.17) is 9.84 Å². The Morgan fingerprint density at radius 3 is 2.95 bits per heavy atom. The van der Waals surface area contributed by atoms with E-state index in [9.17, 15) is 5.26 Å². The summed E-state index contributed by atoms with van der Waals surface area (Å²) in [5.41, 5.74) is 2.59. The van der Waals surface area contributed by atoms with Crippen LogP contribution < -0.4 is 0 Å². The quantitative estimate of drug-likeness (QED) is 0.825. The largest absolute Gasteiger partial charge is 0.395 e. The van der Waals surface area contributed by atoms with Crippen LogP contribution in [0.3, 0.4) is 0 Å². The first kappa shape index (κ1) is 14.5. The second-order valence-corrected chi connectivity index (χ2v) is 4.63. The highest BCUT2D eigenvalue weighted by Gasteiger charge is 2.13. The van der Waals surface area contributed by atoms with Crippen LogP contribution in [-0.4, -0.2) is 47.8 Å². The highest BCUT2D eigenvalue weighted by atomic mass is 16.5. The van der Waals surface area contributed by atoms with Gasteiger partial charge < -0.3 is 14.2 Å². The van der Waals surface area contributed by atoms with Crippen molar-refractivity contribution in [1.29, 1.82) is 5.26 Å². The lowest BCUT2D eigenvalue weighted by atomic mass is 10.1. The van der Waals surface area contributed by atoms with Crippen molar-refractivity contribution in [3.63, 3.8) is 0 Å². The van der Waals surface area contributed by atoms with Gasteiger partial charge in [-0.15, -0.1) is 0 Å². The Labute approximate surface area is 118 Å². The van der Waals surface area contributed by atoms with E-state index in [0.717, 1.165) is 17.6 Å². The molecule has 106 valence electrons. The zero-order valence-electron chi connectivity index (χ0n) is 11.6. The first-order valence-electron chi connectivity index (χ1n) is 6.61. The molecule has 0 saturated carbocycles. The van der Waals surface area contributed by atoms with Gasteiger partial charge in [-0.05, 0) is 12.1 Å². The minimum absolute atomic E-state index is 0.0962. The van der Waals surface area contributed by atoms with Gasteiger partial charge in [-0.2, -0.15) is 5.26 Å². The van der Waals surface area contributed by atoms with Crippen LogP contribution in [0.4, 0.5) is 0 Å². The van der Waals surface area contributed by atoms with Crippen molar-refractivity contribution in [2.24, 2.45) is 0 Å². The minimum atomic E-state index is 0.0962. The van der Waals surface area contributed by atoms with E-state index in [2.05, 4.69) is 11.0 Å². The fraction of sp³-hybridized carbons (Fsp3) is 0.400. The van der Waals surface area contributed by atoms with Crippen LogP contribution in [0.15, 0.2) is 30.6 Å². The highest BCUT2D eigenvalue weighted by Crippen LogP contribution is 2.19. The van der Waals surface area contributed by atoms with Crippen molar-refractivity contribution in [3.8, 4) is 6.07 Å². The average Bonchev–Trinajstić information content (AvgIpc) is 2.82. The van der Waals surface area contributed by atoms with Gasteiger partial charge in [-0.3, -0.25) is 4.90 Å². The molecule has 2 rings (SSSR count). The smallest absolute Gasteiger partial charge is 0.102 e. The number of aliphatic hydroxyl groups excluding tert-OH is 1. The lowest BCUT2D eigenvalue weighted by Crippen LogP contribution is -2.29. The molecule has 0 unspecified atom stereocenters. The molecule has 0 atom stereocenters. The van der Waals surface area contributed by atoms with Crippen molar-refractivity contribution >= 4 is 5.52 Å². The molecular formula is C15H19N3O2. The summed E-state index contributed by atoms with van der Waals surface area (Å²) in [5, 5.41) is 18.5. The number of rotatable bonds is 7. The fourth-order valence-electron chi connectivity index (χ4n) is 2.30. The second-order valence-electron chi connectivity index (χ2n) is 4.63. The van der Waals surface area contributed by atoms with E-state index in [1.807, 2.05) is 35.0 Å². The first-order valence-corrected chi connectivity index (χ1v) is 6.61. The predicted molar refractivity (Wildman–Crippen MR) is 76.4 cm³/mol. The molecule has 0 spiro atoms. The van der Waals surface area contributed by atoms with Crippen LogP contribution in [0.5, 0.6) is 0 Å². The number of nitriles is 1. The summed E-state index contributed by atoms with van der Waals surface area (Å²) in [4.78, 5) is 2.08. The van der Waals surface area contributed by atoms with Crippen LogP contribution in [0, 0.1) is 11.3 Å². The molecule has 20 heavy (non-hydrogen) atoms. The summed E-state index contributed by atoms with van der Waals surface area (Å²) >= 11 is 0. The van der Waals surface area contributed by atoms with Gasteiger partial charge in [0.25, 0.3) is 0 Å². The van der Waals surface area contributed by atoms with Gasteiger partial charge in [0.15, 0.2) is 0 Å². The van der Waals surface area contributed by atoms with E-state index in [1.54, 1.807) is 7.11 Å². The number of hydrogen-bond donors (Lipinski definition) is 1. The van der Waals surface area contributed by atoms with Gasteiger partial charge in [-0.25, -0.2) is 0 Å². The third-order valence-electron chi connectivity index (χ3n) is 3.30. The van der Waals surface area contributed by atoms with E-state index in [1.165, 1.54) is 0 Å². The van der Waals surface area contributed by atoms with E-state index in [-0.39, 0.29) is 6.61 Å². The molecule has 2 aromatic rings. The van der Waals surface area contributed by atoms with Gasteiger partial charge in [0.1, 0.15) is 6.07 Å². The van der Waals surface area contributed by atoms with Crippen LogP contribution >= 0.6 is 0 Å². The molecule has 0 bridgehead atoms. The number of hydrogen-bond acceptors (Lipinski definition) is 4. The van der Waals surface area contributed by atoms with E-state index < -0.39 is 0 Å². The maximum Gasteiger partial charge on any atom is 0.102 e. The topological polar surface area (TPSA) is 60.9 Å². The first-order chi connectivity index (χ1) is 9.80. The summed E-state index contributed by atoms with van der Waals surface area (Å²) in [5.74, 6) is 0. The summed E-state index contributed by atoms with van der Waals surface area (Å²) < 4.78 is 7.04. The number of nitrogens with zero attached hydrogens (tertiary/aromatic N) is 3. The zero-order valence-corrected chi connectivity index (χ0v) is 11.6. The van der Waals surface area contributed by atoms with Crippen molar-refractivity contribution in [2.75, 3.05) is 33.4 Å². The van der Waals surface area contributed by atoms with Gasteiger partial charge in [0.05, 0.1) is 24.3 Å². The van der Waals surface area contributed by atoms with Crippen LogP contribution in [0.2, 0.25) is 0 Å². The molecule has 0 aliphatic heterocycles. The molecule has 2 heterocycles. The van der Waals surface area contributed by atoms with Crippen LogP contribution in [-0.2, 0) is 11.3 Å². The Balaban J connectivity index is 2.25. The Morgan fingerprint density at radius 2 is 2.25 bits per heavy atom.